The van der Waals surface area contributed by atoms with Crippen LogP contribution in [0.15, 0.2) is 66.7 Å². The van der Waals surface area contributed by atoms with E-state index in [4.69, 9.17) is 9.47 Å². The number of amides is 4. The van der Waals surface area contributed by atoms with Crippen molar-refractivity contribution in [2.45, 2.75) is 44.3 Å². The van der Waals surface area contributed by atoms with Crippen molar-refractivity contribution in [3.05, 3.63) is 83.4 Å². The second-order valence-electron chi connectivity index (χ2n) is 10.7. The Morgan fingerprint density at radius 2 is 1.51 bits per heavy atom. The van der Waals surface area contributed by atoms with Crippen LogP contribution in [0.3, 0.4) is 0 Å². The smallest absolute Gasteiger partial charge is 0.416 e. The molecule has 0 saturated carbocycles. The van der Waals surface area contributed by atoms with E-state index in [9.17, 15) is 41.1 Å². The van der Waals surface area contributed by atoms with E-state index in [1.54, 1.807) is 18.2 Å². The maximum Gasteiger partial charge on any atom is 0.416 e. The van der Waals surface area contributed by atoms with Crippen LogP contribution in [0.2, 0.25) is 0 Å². The fourth-order valence-corrected chi connectivity index (χ4v) is 5.15. The fourth-order valence-electron chi connectivity index (χ4n) is 5.15. The first-order valence-electron chi connectivity index (χ1n) is 13.4. The summed E-state index contributed by atoms with van der Waals surface area (Å²) in [4.78, 5) is 29.2. The number of nitrogens with one attached hydrogen (secondary N) is 1. The number of urea groups is 2. The van der Waals surface area contributed by atoms with Crippen LogP contribution in [0, 0.1) is 0 Å². The summed E-state index contributed by atoms with van der Waals surface area (Å²) >= 11 is 0. The quantitative estimate of drug-likeness (QED) is 0.154. The molecule has 0 spiro atoms. The zero-order valence-corrected chi connectivity index (χ0v) is 24.5. The van der Waals surface area contributed by atoms with Gasteiger partial charge in [0.1, 0.15) is 0 Å². The number of carbonyl (C=O) groups excluding carboxylic acids is 2. The van der Waals surface area contributed by atoms with Crippen LogP contribution in [0.1, 0.15) is 30.5 Å². The molecular weight excluding hydrogens is 610 g/mol. The molecule has 242 valence electrons. The van der Waals surface area contributed by atoms with Crippen molar-refractivity contribution >= 4 is 23.4 Å². The van der Waals surface area contributed by atoms with Crippen molar-refractivity contribution < 1.29 is 50.6 Å². The molecule has 1 fully saturated rings. The molecule has 45 heavy (non-hydrogen) atoms. The number of hydroxylamine groups is 2. The number of hydrogen-bond donors (Lipinski definition) is 2. The lowest BCUT2D eigenvalue weighted by atomic mass is 9.99. The highest BCUT2D eigenvalue weighted by Gasteiger charge is 2.56. The van der Waals surface area contributed by atoms with Gasteiger partial charge in [-0.25, -0.2) is 9.59 Å². The van der Waals surface area contributed by atoms with Gasteiger partial charge < -0.3 is 19.7 Å². The molecule has 1 aliphatic heterocycles. The Bertz CT molecular complexity index is 1560. The molecule has 0 aromatic heterocycles. The molecule has 0 radical (unpaired) electrons. The van der Waals surface area contributed by atoms with Crippen LogP contribution in [0.25, 0.3) is 0 Å². The molecule has 3 aromatic carbocycles. The van der Waals surface area contributed by atoms with E-state index >= 15 is 0 Å². The van der Waals surface area contributed by atoms with Gasteiger partial charge >= 0.3 is 24.4 Å². The van der Waals surface area contributed by atoms with Crippen LogP contribution in [-0.2, 0) is 18.8 Å². The Labute approximate surface area is 254 Å². The molecule has 1 aliphatic rings. The van der Waals surface area contributed by atoms with Crippen molar-refractivity contribution in [1.82, 2.24) is 9.96 Å². The lowest BCUT2D eigenvalue weighted by Crippen LogP contribution is -2.58. The predicted molar refractivity (Wildman–Crippen MR) is 151 cm³/mol. The van der Waals surface area contributed by atoms with E-state index in [1.807, 2.05) is 0 Å². The summed E-state index contributed by atoms with van der Waals surface area (Å²) in [7, 11) is 2.92. The fraction of sp³-hybridized carbons (Fsp3) is 0.333. The normalized spacial score (nSPS) is 16.5. The Morgan fingerprint density at radius 3 is 2.11 bits per heavy atom. The number of ether oxygens (including phenoxy) is 2. The number of alkyl halides is 6. The molecule has 1 saturated heterocycles. The van der Waals surface area contributed by atoms with Gasteiger partial charge in [0.15, 0.2) is 17.7 Å². The van der Waals surface area contributed by atoms with Crippen LogP contribution in [0.4, 0.5) is 47.3 Å². The van der Waals surface area contributed by atoms with E-state index in [2.05, 4.69) is 5.32 Å². The number of hydrogen-bond acceptors (Lipinski definition) is 5. The average molecular weight is 641 g/mol. The first kappa shape index (κ1) is 33.2. The van der Waals surface area contributed by atoms with E-state index in [1.165, 1.54) is 39.0 Å². The first-order chi connectivity index (χ1) is 21.0. The van der Waals surface area contributed by atoms with Crippen LogP contribution in [0.5, 0.6) is 11.5 Å². The van der Waals surface area contributed by atoms with E-state index in [0.717, 1.165) is 35.2 Å². The van der Waals surface area contributed by atoms with Gasteiger partial charge in [-0.1, -0.05) is 18.2 Å². The number of carbonyl (C=O) groups is 2. The molecule has 2 N–H and O–H groups in total. The summed E-state index contributed by atoms with van der Waals surface area (Å²) < 4.78 is 91.0. The van der Waals surface area contributed by atoms with Crippen molar-refractivity contribution in [2.24, 2.45) is 0 Å². The topological polar surface area (TPSA) is 94.6 Å². The van der Waals surface area contributed by atoms with Gasteiger partial charge in [0.2, 0.25) is 0 Å². The zero-order valence-electron chi connectivity index (χ0n) is 24.5. The molecule has 0 aliphatic carbocycles. The largest absolute Gasteiger partial charge is 0.493 e. The van der Waals surface area contributed by atoms with Gasteiger partial charge in [0.25, 0.3) is 0 Å². The van der Waals surface area contributed by atoms with Gasteiger partial charge in [-0.2, -0.15) is 31.4 Å². The molecule has 1 heterocycles. The van der Waals surface area contributed by atoms with Crippen LogP contribution in [-0.4, -0.2) is 59.7 Å². The summed E-state index contributed by atoms with van der Waals surface area (Å²) in [6.07, 6.45) is -10.9. The van der Waals surface area contributed by atoms with E-state index in [0.29, 0.717) is 29.2 Å². The number of rotatable bonds is 8. The number of anilines is 2. The van der Waals surface area contributed by atoms with E-state index in [-0.39, 0.29) is 29.4 Å². The molecule has 4 amide bonds. The van der Waals surface area contributed by atoms with Crippen molar-refractivity contribution in [1.29, 1.82) is 0 Å². The monoisotopic (exact) mass is 640 g/mol. The molecule has 0 bridgehead atoms. The summed E-state index contributed by atoms with van der Waals surface area (Å²) in [6.45, 7) is 2.99. The van der Waals surface area contributed by atoms with Crippen molar-refractivity contribution in [3.63, 3.8) is 0 Å². The zero-order chi connectivity index (χ0) is 33.3. The standard InChI is InChI=1S/C30H30F6N4O5/c1-28(2)25(40(43)26(41)37-21-9-5-7-19(16-21)29(31,32)33)39(22-10-6-8-20(17-22)30(34,35)36)27(42)38(28)14-13-18-11-12-23(44-3)24(15-18)45-4/h5-12,15-17,25,43H,13-14H2,1-4H3,(H,37,41). The molecule has 1 atom stereocenters. The third kappa shape index (κ3) is 6.87. The minimum Gasteiger partial charge on any atom is -0.493 e. The van der Waals surface area contributed by atoms with Gasteiger partial charge in [0, 0.05) is 17.9 Å². The number of benzene rings is 3. The lowest BCUT2D eigenvalue weighted by molar-refractivity contribution is -0.138. The number of halogens is 6. The maximum atomic E-state index is 13.9. The minimum absolute atomic E-state index is 0.00361. The molecule has 15 heteroatoms. The van der Waals surface area contributed by atoms with Gasteiger partial charge in [-0.15, -0.1) is 0 Å². The highest BCUT2D eigenvalue weighted by Crippen LogP contribution is 2.40. The number of nitrogens with zero attached hydrogens (tertiary/aromatic N) is 3. The predicted octanol–water partition coefficient (Wildman–Crippen LogP) is 7.25. The van der Waals surface area contributed by atoms with Gasteiger partial charge in [-0.3, -0.25) is 10.1 Å². The Hall–Kier alpha value is -4.66. The maximum absolute atomic E-state index is 13.9. The Morgan fingerprint density at radius 1 is 0.911 bits per heavy atom. The first-order valence-corrected chi connectivity index (χ1v) is 13.4. The van der Waals surface area contributed by atoms with Crippen molar-refractivity contribution in [3.8, 4) is 11.5 Å². The lowest BCUT2D eigenvalue weighted by Gasteiger charge is -2.38. The van der Waals surface area contributed by atoms with Crippen LogP contribution < -0.4 is 19.7 Å². The summed E-state index contributed by atoms with van der Waals surface area (Å²) in [5.74, 6) is 0.899. The Balaban J connectivity index is 1.70. The highest BCUT2D eigenvalue weighted by atomic mass is 19.4. The Kier molecular flexibility index (Phi) is 9.15. The minimum atomic E-state index is -4.77. The number of methoxy groups -OCH3 is 2. The molecule has 3 aromatic rings. The highest BCUT2D eigenvalue weighted by molar-refractivity contribution is 5.98. The molecule has 9 nitrogen and oxygen atoms in total. The molecule has 1 unspecified atom stereocenters. The van der Waals surface area contributed by atoms with Gasteiger partial charge in [0.05, 0.1) is 30.9 Å². The summed E-state index contributed by atoms with van der Waals surface area (Å²) in [6, 6.07) is 10.4. The summed E-state index contributed by atoms with van der Waals surface area (Å²) in [5, 5.41) is 13.4. The average Bonchev–Trinajstić information content (AvgIpc) is 3.18. The molecular formula is C30H30F6N4O5. The molecule has 4 rings (SSSR count). The summed E-state index contributed by atoms with van der Waals surface area (Å²) in [5.41, 5.74) is -3.45. The van der Waals surface area contributed by atoms with Crippen molar-refractivity contribution in [2.75, 3.05) is 31.0 Å². The van der Waals surface area contributed by atoms with E-state index < -0.39 is 47.2 Å². The third-order valence-electron chi connectivity index (χ3n) is 7.41. The van der Waals surface area contributed by atoms with Gasteiger partial charge in [-0.05, 0) is 74.4 Å². The van der Waals surface area contributed by atoms with Crippen LogP contribution >= 0.6 is 0 Å². The third-order valence-corrected chi connectivity index (χ3v) is 7.41. The second kappa shape index (κ2) is 12.4. The second-order valence-corrected chi connectivity index (χ2v) is 10.7. The SMILES string of the molecule is COc1ccc(CCN2C(=O)N(c3cccc(C(F)(F)F)c3)C(N(O)C(=O)Nc3cccc(C(F)(F)F)c3)C2(C)C)cc1OC.